The molecule has 0 spiro atoms. The number of hydrogen-bond acceptors (Lipinski definition) is 3. The quantitative estimate of drug-likeness (QED) is 0.577. The highest BCUT2D eigenvalue weighted by atomic mass is 79.9. The van der Waals surface area contributed by atoms with Crippen molar-refractivity contribution >= 4 is 15.9 Å². The number of hydrogen-bond donors (Lipinski definition) is 1. The van der Waals surface area contributed by atoms with Gasteiger partial charge in [-0.3, -0.25) is 0 Å². The van der Waals surface area contributed by atoms with Crippen LogP contribution in [0.15, 0.2) is 46.9 Å². The summed E-state index contributed by atoms with van der Waals surface area (Å²) in [6.45, 7) is 5.81. The predicted octanol–water partition coefficient (Wildman–Crippen LogP) is 5.36. The number of nitrogens with one attached hydrogen (secondary N) is 1. The highest BCUT2D eigenvalue weighted by Crippen LogP contribution is 2.36. The monoisotopic (exact) mass is 405 g/mol. The Kier molecular flexibility index (Phi) is 8.29. The summed E-state index contributed by atoms with van der Waals surface area (Å²) in [6.07, 6.45) is 3.17. The van der Waals surface area contributed by atoms with Crippen molar-refractivity contribution in [1.29, 1.82) is 0 Å². The van der Waals surface area contributed by atoms with Gasteiger partial charge in [0.15, 0.2) is 11.5 Å². The second kappa shape index (κ2) is 10.5. The van der Waals surface area contributed by atoms with Gasteiger partial charge in [0.1, 0.15) is 0 Å². The lowest BCUT2D eigenvalue weighted by Gasteiger charge is -2.17. The summed E-state index contributed by atoms with van der Waals surface area (Å²) >= 11 is 3.60. The van der Waals surface area contributed by atoms with Crippen molar-refractivity contribution in [1.82, 2.24) is 5.32 Å². The third-order valence-electron chi connectivity index (χ3n) is 4.10. The minimum atomic E-state index is 0.445. The van der Waals surface area contributed by atoms with E-state index in [0.29, 0.717) is 12.6 Å². The number of aryl methyl sites for hydroxylation is 1. The second-order valence-corrected chi connectivity index (χ2v) is 7.12. The molecule has 0 bridgehead atoms. The molecule has 0 heterocycles. The summed E-state index contributed by atoms with van der Waals surface area (Å²) in [7, 11) is 1.68. The second-order valence-electron chi connectivity index (χ2n) is 6.26. The van der Waals surface area contributed by atoms with Crippen LogP contribution in [-0.4, -0.2) is 19.8 Å². The number of halogens is 1. The molecule has 0 fully saturated rings. The van der Waals surface area contributed by atoms with Gasteiger partial charge in [-0.15, -0.1) is 0 Å². The van der Waals surface area contributed by atoms with Crippen molar-refractivity contribution in [3.05, 3.63) is 58.1 Å². The Balaban J connectivity index is 1.90. The van der Waals surface area contributed by atoms with Crippen LogP contribution >= 0.6 is 15.9 Å². The van der Waals surface area contributed by atoms with Crippen molar-refractivity contribution < 1.29 is 9.47 Å². The average Bonchev–Trinajstić information content (AvgIpc) is 2.64. The van der Waals surface area contributed by atoms with Crippen LogP contribution in [0.2, 0.25) is 0 Å². The fourth-order valence-electron chi connectivity index (χ4n) is 2.64. The fraction of sp³-hybridized carbons (Fsp3) is 0.429. The third kappa shape index (κ3) is 6.37. The summed E-state index contributed by atoms with van der Waals surface area (Å²) in [5.41, 5.74) is 2.57. The van der Waals surface area contributed by atoms with Crippen LogP contribution < -0.4 is 14.8 Å². The molecule has 2 rings (SSSR count). The standard InChI is InChI=1S/C21H28BrNO2/c1-4-12-25-21-19(22)13-18(14-20(21)24-3)15-23-16(2)10-11-17-8-6-5-7-9-17/h5-9,13-14,16,23H,4,10-12,15H2,1-3H3/t16-/m1/s1. The molecule has 1 N–H and O–H groups in total. The van der Waals surface area contributed by atoms with Gasteiger partial charge in [0.2, 0.25) is 0 Å². The highest BCUT2D eigenvalue weighted by Gasteiger charge is 2.12. The van der Waals surface area contributed by atoms with Crippen molar-refractivity contribution in [2.24, 2.45) is 0 Å². The van der Waals surface area contributed by atoms with Gasteiger partial charge in [0.05, 0.1) is 18.2 Å². The summed E-state index contributed by atoms with van der Waals surface area (Å²) in [6, 6.07) is 15.2. The molecule has 136 valence electrons. The first-order chi connectivity index (χ1) is 12.1. The number of methoxy groups -OCH3 is 1. The Labute approximate surface area is 159 Å². The number of ether oxygens (including phenoxy) is 2. The first-order valence-corrected chi connectivity index (χ1v) is 9.69. The molecule has 0 saturated carbocycles. The van der Waals surface area contributed by atoms with Crippen LogP contribution in [0.5, 0.6) is 11.5 Å². The molecule has 3 nitrogen and oxygen atoms in total. The maximum absolute atomic E-state index is 5.78. The molecular weight excluding hydrogens is 378 g/mol. The summed E-state index contributed by atoms with van der Waals surface area (Å²) in [5.74, 6) is 1.56. The molecule has 1 atom stereocenters. The first kappa shape index (κ1) is 19.8. The molecule has 4 heteroatoms. The van der Waals surface area contributed by atoms with Crippen LogP contribution in [0.25, 0.3) is 0 Å². The third-order valence-corrected chi connectivity index (χ3v) is 4.69. The molecule has 25 heavy (non-hydrogen) atoms. The fourth-order valence-corrected chi connectivity index (χ4v) is 3.25. The molecule has 0 aromatic heterocycles. The Morgan fingerprint density at radius 3 is 2.56 bits per heavy atom. The van der Waals surface area contributed by atoms with Crippen molar-refractivity contribution in [2.45, 2.75) is 45.7 Å². The predicted molar refractivity (Wildman–Crippen MR) is 108 cm³/mol. The van der Waals surface area contributed by atoms with E-state index in [9.17, 15) is 0 Å². The van der Waals surface area contributed by atoms with E-state index >= 15 is 0 Å². The van der Waals surface area contributed by atoms with E-state index < -0.39 is 0 Å². The van der Waals surface area contributed by atoms with Crippen molar-refractivity contribution in [2.75, 3.05) is 13.7 Å². The summed E-state index contributed by atoms with van der Waals surface area (Å²) in [4.78, 5) is 0. The Morgan fingerprint density at radius 2 is 1.88 bits per heavy atom. The lowest BCUT2D eigenvalue weighted by Crippen LogP contribution is -2.26. The van der Waals surface area contributed by atoms with Crippen molar-refractivity contribution in [3.8, 4) is 11.5 Å². The summed E-state index contributed by atoms with van der Waals surface area (Å²) < 4.78 is 12.2. The van der Waals surface area contributed by atoms with Crippen molar-refractivity contribution in [3.63, 3.8) is 0 Å². The molecular formula is C21H28BrNO2. The zero-order valence-electron chi connectivity index (χ0n) is 15.3. The Morgan fingerprint density at radius 1 is 1.12 bits per heavy atom. The molecule has 2 aromatic carbocycles. The molecule has 0 aliphatic heterocycles. The van der Waals surface area contributed by atoms with Crippen LogP contribution in [0.4, 0.5) is 0 Å². The van der Waals surface area contributed by atoms with E-state index in [1.165, 1.54) is 11.1 Å². The lowest BCUT2D eigenvalue weighted by atomic mass is 10.1. The highest BCUT2D eigenvalue weighted by molar-refractivity contribution is 9.10. The van der Waals surface area contributed by atoms with E-state index in [1.54, 1.807) is 7.11 Å². The first-order valence-electron chi connectivity index (χ1n) is 8.90. The molecule has 2 aromatic rings. The van der Waals surface area contributed by atoms with Gasteiger partial charge in [0.25, 0.3) is 0 Å². The molecule has 0 aliphatic carbocycles. The van der Waals surface area contributed by atoms with Crippen LogP contribution in [-0.2, 0) is 13.0 Å². The molecule has 0 radical (unpaired) electrons. The topological polar surface area (TPSA) is 30.5 Å². The van der Waals surface area contributed by atoms with E-state index in [2.05, 4.69) is 71.5 Å². The van der Waals surface area contributed by atoms with E-state index in [4.69, 9.17) is 9.47 Å². The SMILES string of the molecule is CCCOc1c(Br)cc(CN[C@H](C)CCc2ccccc2)cc1OC. The number of benzene rings is 2. The van der Waals surface area contributed by atoms with E-state index in [1.807, 2.05) is 6.07 Å². The summed E-state index contributed by atoms with van der Waals surface area (Å²) in [5, 5.41) is 3.59. The Bertz CT molecular complexity index is 646. The molecule has 0 unspecified atom stereocenters. The molecule has 0 saturated heterocycles. The van der Waals surface area contributed by atoms with Gasteiger partial charge >= 0.3 is 0 Å². The maximum atomic E-state index is 5.78. The van der Waals surface area contributed by atoms with Crippen LogP contribution in [0.3, 0.4) is 0 Å². The smallest absolute Gasteiger partial charge is 0.175 e. The van der Waals surface area contributed by atoms with Crippen LogP contribution in [0.1, 0.15) is 37.8 Å². The average molecular weight is 406 g/mol. The largest absolute Gasteiger partial charge is 0.493 e. The zero-order valence-corrected chi connectivity index (χ0v) is 16.9. The van der Waals surface area contributed by atoms with E-state index in [-0.39, 0.29) is 0 Å². The van der Waals surface area contributed by atoms with Gasteiger partial charge in [-0.05, 0) is 65.4 Å². The van der Waals surface area contributed by atoms with E-state index in [0.717, 1.165) is 41.8 Å². The van der Waals surface area contributed by atoms with Gasteiger partial charge in [-0.25, -0.2) is 0 Å². The minimum absolute atomic E-state index is 0.445. The Hall–Kier alpha value is -1.52. The minimum Gasteiger partial charge on any atom is -0.493 e. The molecule has 0 amide bonds. The zero-order chi connectivity index (χ0) is 18.1. The van der Waals surface area contributed by atoms with Gasteiger partial charge in [0, 0.05) is 12.6 Å². The van der Waals surface area contributed by atoms with Gasteiger partial charge < -0.3 is 14.8 Å². The molecule has 0 aliphatic rings. The van der Waals surface area contributed by atoms with Crippen LogP contribution in [0, 0.1) is 0 Å². The maximum Gasteiger partial charge on any atom is 0.175 e. The normalized spacial score (nSPS) is 12.0. The number of rotatable bonds is 10. The van der Waals surface area contributed by atoms with Gasteiger partial charge in [-0.2, -0.15) is 0 Å². The van der Waals surface area contributed by atoms with Gasteiger partial charge in [-0.1, -0.05) is 37.3 Å². The lowest BCUT2D eigenvalue weighted by molar-refractivity contribution is 0.292.